The van der Waals surface area contributed by atoms with Gasteiger partial charge in [0.2, 0.25) is 59.1 Å². The van der Waals surface area contributed by atoms with E-state index in [1.807, 2.05) is 5.32 Å². The van der Waals surface area contributed by atoms with Crippen LogP contribution in [-0.4, -0.2) is 215 Å². The van der Waals surface area contributed by atoms with Crippen LogP contribution in [0.1, 0.15) is 77.7 Å². The molecule has 1 aromatic carbocycles. The lowest BCUT2D eigenvalue weighted by Gasteiger charge is -2.31. The van der Waals surface area contributed by atoms with Crippen LogP contribution in [0, 0.1) is 5.92 Å². The fourth-order valence-electron chi connectivity index (χ4n) is 8.26. The third-order valence-electron chi connectivity index (χ3n) is 12.5. The maximum absolute atomic E-state index is 14.3. The average molecular weight is 1270 g/mol. The second-order valence-corrected chi connectivity index (χ2v) is 22.9. The van der Waals surface area contributed by atoms with Crippen molar-refractivity contribution in [3.05, 3.63) is 35.9 Å². The summed E-state index contributed by atoms with van der Waals surface area (Å²) in [6.07, 6.45) is -4.85. The molecule has 0 spiro atoms. The predicted molar refractivity (Wildman–Crippen MR) is 298 cm³/mol. The Labute approximate surface area is 493 Å². The number of aliphatic hydroxyl groups excluding tert-OH is 1. The van der Waals surface area contributed by atoms with Gasteiger partial charge >= 0.3 is 22.3 Å². The highest BCUT2D eigenvalue weighted by Gasteiger charge is 2.44. The standard InChI is InChI=1S/C47H79N15O22P2/c1-23(2)17-29(55-36(66)20-54-39(68)30(19-35(50)65)58-38(67)26(48)18-25-9-5-4-6-10-25)42(71)61-37(24(3)63)44(73)59-31(21-83-85(77,78)79)45(74)62-16-8-12-33(62)43(72)57-28(13-14-34(49)64)41(70)56-27(11-7-15-53-47(51)52)40(69)60-32(46(75)76)22-84-86(80,81)82/h4-6,9-10,23-24,26-33,37,47,53,63,77-82H,7-8,11-22,48,51-52H2,1-3H3,(H11-2,49,50,54,55,56,57,58,59,60,61,64,65,66,67,68,69,70,71,72,73,75,76)/p+3/t24-,26+,27+,28+,29+,30+,31+,32+,33+,37+/m1/s1. The molecule has 10 atom stereocenters. The van der Waals surface area contributed by atoms with E-state index in [-0.39, 0.29) is 57.5 Å². The summed E-state index contributed by atoms with van der Waals surface area (Å²) in [5, 5.41) is 41.3. The minimum Gasteiger partial charge on any atom is -0.480 e. The minimum atomic E-state index is -5.19. The largest absolute Gasteiger partial charge is 0.567 e. The summed E-state index contributed by atoms with van der Waals surface area (Å²) in [6.45, 7) is 0.923. The molecule has 39 heteroatoms. The minimum absolute atomic E-state index is 0.0209. The molecular weight excluding hydrogens is 1190 g/mol. The van der Waals surface area contributed by atoms with Gasteiger partial charge in [0.25, 0.3) is 5.91 Å². The molecule has 0 radical (unpaired) electrons. The van der Waals surface area contributed by atoms with E-state index in [0.29, 0.717) is 0 Å². The lowest BCUT2D eigenvalue weighted by Crippen LogP contribution is -2.70. The van der Waals surface area contributed by atoms with Crippen LogP contribution in [0.3, 0.4) is 0 Å². The molecule has 86 heavy (non-hydrogen) atoms. The number of amides is 11. The number of carbonyl (C=O) groups excluding carboxylic acids is 11. The SMILES string of the molecule is CC(C)C[C@H](NC(=O)CNC(=O)[C@H](CC(N)=O)NC(=O)[C@@H]([NH3+])Cc1ccccc1)C(=O)N[C@H](C(=O)N[C@@H](CO[P+](O)(O)O)C(=O)N1CCC[C@H]1C(=O)N[C@@H](CCC(N)=O)C(=O)N[C@@H](CCCNC(N)N)C(=O)N[C@@H](CO[P+](O)(O)O)C(=O)O)[C@@H](C)O. The van der Waals surface area contributed by atoms with Crippen LogP contribution in [0.5, 0.6) is 0 Å². The van der Waals surface area contributed by atoms with Gasteiger partial charge < -0.3 is 86.3 Å². The van der Waals surface area contributed by atoms with Gasteiger partial charge in [-0.2, -0.15) is 38.4 Å². The van der Waals surface area contributed by atoms with Crippen molar-refractivity contribution in [3.8, 4) is 0 Å². The van der Waals surface area contributed by atoms with Gasteiger partial charge in [-0.05, 0) is 63.5 Å². The lowest BCUT2D eigenvalue weighted by molar-refractivity contribution is -0.403. The van der Waals surface area contributed by atoms with Gasteiger partial charge in [-0.25, -0.2) is 4.79 Å². The van der Waals surface area contributed by atoms with Gasteiger partial charge in [0.1, 0.15) is 61.8 Å². The molecule has 0 bridgehead atoms. The first-order chi connectivity index (χ1) is 40.0. The number of likely N-dealkylation sites (tertiary alicyclic amines) is 1. The first-order valence-electron chi connectivity index (χ1n) is 26.7. The van der Waals surface area contributed by atoms with Gasteiger partial charge in [0, 0.05) is 19.4 Å². The number of carboxylic acid groups (broad SMARTS) is 1. The number of carbonyl (C=O) groups is 12. The van der Waals surface area contributed by atoms with Gasteiger partial charge in [0.05, 0.1) is 19.1 Å². The van der Waals surface area contributed by atoms with E-state index in [4.69, 9.17) is 22.9 Å². The summed E-state index contributed by atoms with van der Waals surface area (Å²) in [5.74, 6) is -13.8. The number of primary amides is 2. The zero-order chi connectivity index (χ0) is 65.2. The van der Waals surface area contributed by atoms with Gasteiger partial charge in [0.15, 0.2) is 12.1 Å². The highest BCUT2D eigenvalue weighted by Crippen LogP contribution is 2.46. The number of hydrogen-bond acceptors (Lipinski definition) is 24. The smallest absolute Gasteiger partial charge is 0.480 e. The Bertz CT molecular complexity index is 2490. The molecule has 1 saturated heterocycles. The van der Waals surface area contributed by atoms with Crippen molar-refractivity contribution in [2.45, 2.75) is 145 Å². The number of nitrogens with two attached hydrogens (primary N) is 4. The number of carboxylic acids is 1. The summed E-state index contributed by atoms with van der Waals surface area (Å²) in [6, 6.07) is -6.14. The van der Waals surface area contributed by atoms with Crippen LogP contribution in [-0.2, 0) is 73.0 Å². The van der Waals surface area contributed by atoms with Crippen LogP contribution < -0.4 is 76.5 Å². The zero-order valence-corrected chi connectivity index (χ0v) is 49.2. The maximum Gasteiger partial charge on any atom is 0.567 e. The molecule has 1 aromatic rings. The molecule has 1 aliphatic heterocycles. The molecule has 37 nitrogen and oxygen atoms in total. The summed E-state index contributed by atoms with van der Waals surface area (Å²) >= 11 is 0. The third-order valence-corrected chi connectivity index (χ3v) is 13.5. The molecule has 0 saturated carbocycles. The monoisotopic (exact) mass is 1270 g/mol. The number of quaternary nitrogens is 1. The molecule has 0 aliphatic carbocycles. The first-order valence-corrected chi connectivity index (χ1v) is 29.8. The normalized spacial score (nSPS) is 16.6. The molecule has 11 amide bonds. The number of nitrogens with zero attached hydrogens (tertiary/aromatic N) is 1. The van der Waals surface area contributed by atoms with Gasteiger partial charge in [-0.1, -0.05) is 44.2 Å². The molecule has 1 fully saturated rings. The van der Waals surface area contributed by atoms with E-state index in [1.165, 1.54) is 0 Å². The number of aliphatic hydroxyl groups is 1. The topological polar surface area (TPSA) is 628 Å². The second kappa shape index (κ2) is 36.4. The predicted octanol–water partition coefficient (Wildman–Crippen LogP) is -10.1. The number of hydrogen-bond donors (Lipinski definition) is 22. The van der Waals surface area contributed by atoms with Crippen LogP contribution in [0.15, 0.2) is 30.3 Å². The van der Waals surface area contributed by atoms with E-state index >= 15 is 0 Å². The van der Waals surface area contributed by atoms with Gasteiger partial charge in [-0.15, -0.1) is 0 Å². The third kappa shape index (κ3) is 29.1. The fraction of sp³-hybridized carbons (Fsp3) is 0.617. The van der Waals surface area contributed by atoms with Crippen LogP contribution in [0.25, 0.3) is 0 Å². The molecule has 1 heterocycles. The van der Waals surface area contributed by atoms with Crippen molar-refractivity contribution in [1.29, 1.82) is 0 Å². The molecule has 2 rings (SSSR count). The number of rotatable bonds is 39. The highest BCUT2D eigenvalue weighted by molar-refractivity contribution is 7.53. The van der Waals surface area contributed by atoms with Crippen molar-refractivity contribution < 1.29 is 112 Å². The Morgan fingerprint density at radius 1 is 0.674 bits per heavy atom. The lowest BCUT2D eigenvalue weighted by atomic mass is 10.0. The molecule has 0 aromatic heterocycles. The Hall–Kier alpha value is -6.80. The van der Waals surface area contributed by atoms with Crippen LogP contribution in [0.4, 0.5) is 0 Å². The second-order valence-electron chi connectivity index (χ2n) is 20.3. The van der Waals surface area contributed by atoms with E-state index < -0.39 is 193 Å². The first kappa shape index (κ1) is 75.3. The van der Waals surface area contributed by atoms with E-state index in [9.17, 15) is 97.1 Å². The van der Waals surface area contributed by atoms with Crippen LogP contribution in [0.2, 0.25) is 0 Å². The summed E-state index contributed by atoms with van der Waals surface area (Å²) in [7, 11) is -10.2. The van der Waals surface area contributed by atoms with Crippen molar-refractivity contribution in [3.63, 3.8) is 0 Å². The van der Waals surface area contributed by atoms with Crippen molar-refractivity contribution in [2.24, 2.45) is 28.9 Å². The highest BCUT2D eigenvalue weighted by atomic mass is 31.2. The molecule has 0 unspecified atom stereocenters. The Morgan fingerprint density at radius 2 is 1.22 bits per heavy atom. The zero-order valence-electron chi connectivity index (χ0n) is 47.4. The summed E-state index contributed by atoms with van der Waals surface area (Å²) in [4.78, 5) is 216. The summed E-state index contributed by atoms with van der Waals surface area (Å²) in [5.41, 5.74) is 26.2. The van der Waals surface area contributed by atoms with E-state index in [0.717, 1.165) is 17.4 Å². The van der Waals surface area contributed by atoms with Gasteiger partial charge in [-0.3, -0.25) is 58.1 Å². The number of aliphatic carboxylic acids is 1. The van der Waals surface area contributed by atoms with E-state index in [2.05, 4.69) is 57.3 Å². The van der Waals surface area contributed by atoms with Crippen molar-refractivity contribution in [2.75, 3.05) is 32.8 Å². The van der Waals surface area contributed by atoms with Crippen molar-refractivity contribution >= 4 is 87.3 Å². The molecule has 484 valence electrons. The van der Waals surface area contributed by atoms with E-state index in [1.54, 1.807) is 44.2 Å². The molecular formula is C47H82N15O22P2+3. The fourth-order valence-corrected chi connectivity index (χ4v) is 8.96. The quantitative estimate of drug-likeness (QED) is 0.0165. The maximum atomic E-state index is 14.3. The van der Waals surface area contributed by atoms with Crippen LogP contribution >= 0.6 is 16.3 Å². The molecule has 1 aliphatic rings. The van der Waals surface area contributed by atoms with Crippen molar-refractivity contribution in [1.82, 2.24) is 52.8 Å². The average Bonchev–Trinajstić information content (AvgIpc) is 2.71. The molecule has 28 N–H and O–H groups in total. The Balaban J connectivity index is 2.35. The number of benzene rings is 1. The Kier molecular flexibility index (Phi) is 31.8. The number of nitrogens with one attached hydrogen (secondary N) is 9. The Morgan fingerprint density at radius 3 is 1.76 bits per heavy atom. The summed E-state index contributed by atoms with van der Waals surface area (Å²) < 4.78 is 9.02.